The maximum Gasteiger partial charge on any atom is 0.144 e. The Morgan fingerprint density at radius 2 is 1.87 bits per heavy atom. The highest BCUT2D eigenvalue weighted by molar-refractivity contribution is 6.33. The molecule has 0 spiro atoms. The van der Waals surface area contributed by atoms with Gasteiger partial charge in [-0.1, -0.05) is 37.4 Å². The first-order valence-electron chi connectivity index (χ1n) is 13.2. The van der Waals surface area contributed by atoms with E-state index in [1.165, 1.54) is 19.3 Å². The number of nitrogens with one attached hydrogen (secondary N) is 1. The fourth-order valence-corrected chi connectivity index (χ4v) is 5.45. The van der Waals surface area contributed by atoms with Gasteiger partial charge in [-0.15, -0.1) is 0 Å². The minimum absolute atomic E-state index is 0.496. The molecule has 202 valence electrons. The Balaban J connectivity index is 1.48. The third kappa shape index (κ3) is 5.19. The van der Waals surface area contributed by atoms with Gasteiger partial charge < -0.3 is 25.4 Å². The van der Waals surface area contributed by atoms with Gasteiger partial charge in [0.05, 0.1) is 29.8 Å². The molecule has 0 atom stereocenters. The predicted octanol–water partition coefficient (Wildman–Crippen LogP) is 6.94. The van der Waals surface area contributed by atoms with Crippen molar-refractivity contribution in [2.24, 2.45) is 10.7 Å². The number of aliphatic imine (C=N–C) groups is 1. The van der Waals surface area contributed by atoms with Gasteiger partial charge in [0.15, 0.2) is 0 Å². The molecule has 0 unspecified atom stereocenters. The molecule has 4 heterocycles. The molecule has 0 aliphatic carbocycles. The quantitative estimate of drug-likeness (QED) is 0.339. The highest BCUT2D eigenvalue weighted by Crippen LogP contribution is 2.42. The summed E-state index contributed by atoms with van der Waals surface area (Å²) in [6, 6.07) is 6.29. The minimum atomic E-state index is 0.496. The molecule has 3 aromatic rings. The molecule has 2 aromatic heterocycles. The fraction of sp³-hybridized carbons (Fsp3) is 0.290. The van der Waals surface area contributed by atoms with E-state index >= 15 is 0 Å². The van der Waals surface area contributed by atoms with Crippen LogP contribution in [0.3, 0.4) is 0 Å². The van der Waals surface area contributed by atoms with Gasteiger partial charge in [-0.3, -0.25) is 0 Å². The monoisotopic (exact) mass is 541 g/mol. The molecule has 2 aliphatic heterocycles. The summed E-state index contributed by atoms with van der Waals surface area (Å²) in [6.45, 7) is 19.4. The maximum absolute atomic E-state index is 6.54. The van der Waals surface area contributed by atoms with Crippen molar-refractivity contribution >= 4 is 46.7 Å². The summed E-state index contributed by atoms with van der Waals surface area (Å²) in [5.74, 6) is 1.77. The topological polar surface area (TPSA) is 74.7 Å². The maximum atomic E-state index is 6.54. The number of fused-ring (bicyclic) bond motifs is 1. The predicted molar refractivity (Wildman–Crippen MR) is 166 cm³/mol. The van der Waals surface area contributed by atoms with Crippen molar-refractivity contribution in [2.75, 3.05) is 30.4 Å². The molecule has 5 rings (SSSR count). The van der Waals surface area contributed by atoms with Crippen LogP contribution in [0.25, 0.3) is 22.5 Å². The van der Waals surface area contributed by atoms with Crippen LogP contribution in [-0.2, 0) is 6.54 Å². The summed E-state index contributed by atoms with van der Waals surface area (Å²) < 4.78 is 2.10. The second-order valence-electron chi connectivity index (χ2n) is 10.5. The molecule has 1 aromatic carbocycles. The molecule has 0 saturated carbocycles. The molecular weight excluding hydrogens is 506 g/mol. The molecule has 1 fully saturated rings. The third-order valence-electron chi connectivity index (χ3n) is 7.64. The highest BCUT2D eigenvalue weighted by Gasteiger charge is 2.25. The Labute approximate surface area is 236 Å². The highest BCUT2D eigenvalue weighted by atomic mass is 35.5. The summed E-state index contributed by atoms with van der Waals surface area (Å²) in [5.41, 5.74) is 15.5. The number of anilines is 2. The zero-order chi connectivity index (χ0) is 27.8. The lowest BCUT2D eigenvalue weighted by atomic mass is 9.93. The Kier molecular flexibility index (Phi) is 7.28. The summed E-state index contributed by atoms with van der Waals surface area (Å²) in [5, 5.41) is 3.99. The summed E-state index contributed by atoms with van der Waals surface area (Å²) >= 11 is 6.54. The average Bonchev–Trinajstić information content (AvgIpc) is 3.28. The van der Waals surface area contributed by atoms with Crippen LogP contribution in [0.1, 0.15) is 41.5 Å². The van der Waals surface area contributed by atoms with E-state index in [4.69, 9.17) is 22.3 Å². The van der Waals surface area contributed by atoms with Gasteiger partial charge in [-0.05, 0) is 55.9 Å². The Hall–Kier alpha value is -3.97. The summed E-state index contributed by atoms with van der Waals surface area (Å²) in [4.78, 5) is 13.6. The number of benzene rings is 1. The van der Waals surface area contributed by atoms with E-state index in [1.54, 1.807) is 12.5 Å². The SMILES string of the molecule is C=C(Cn1cc(-c2cc(C)c(C)c(C(=C)N)c2)c2c1N=CN(C)C2=C)Nc1cc(N2CCCCC2)ncc1Cl. The number of nitrogens with zero attached hydrogens (tertiary/aromatic N) is 5. The number of pyridine rings is 1. The number of rotatable bonds is 7. The number of allylic oxidation sites excluding steroid dienone is 1. The average molecular weight is 542 g/mol. The van der Waals surface area contributed by atoms with Crippen molar-refractivity contribution < 1.29 is 0 Å². The molecule has 8 heteroatoms. The molecular formula is C31H36ClN7. The first-order valence-corrected chi connectivity index (χ1v) is 13.6. The third-order valence-corrected chi connectivity index (χ3v) is 7.94. The van der Waals surface area contributed by atoms with Crippen molar-refractivity contribution in [3.63, 3.8) is 0 Å². The van der Waals surface area contributed by atoms with Gasteiger partial charge in [0.1, 0.15) is 11.6 Å². The van der Waals surface area contributed by atoms with Gasteiger partial charge in [0.25, 0.3) is 0 Å². The Morgan fingerprint density at radius 1 is 1.13 bits per heavy atom. The van der Waals surface area contributed by atoms with Crippen LogP contribution in [0.4, 0.5) is 17.3 Å². The molecule has 0 bridgehead atoms. The molecule has 7 nitrogen and oxygen atoms in total. The Morgan fingerprint density at radius 3 is 2.59 bits per heavy atom. The normalized spacial score (nSPS) is 14.9. The lowest BCUT2D eigenvalue weighted by Crippen LogP contribution is -2.30. The molecule has 2 aliphatic rings. The standard InChI is InChI=1S/C31H36ClN7/c1-19-12-24(13-25(21(19)3)22(4)33)26-17-39(31-30(26)23(5)37(6)18-35-31)16-20(2)36-28-14-29(34-15-27(28)32)38-10-8-7-9-11-38/h12-15,17-18H,2,4-5,7-11,16,33H2,1,3,6H3,(H,34,36). The number of hydrogen-bond acceptors (Lipinski definition) is 6. The smallest absolute Gasteiger partial charge is 0.144 e. The zero-order valence-electron chi connectivity index (χ0n) is 23.0. The number of piperidine rings is 1. The van der Waals surface area contributed by atoms with E-state index in [0.29, 0.717) is 17.3 Å². The van der Waals surface area contributed by atoms with Gasteiger partial charge in [0.2, 0.25) is 0 Å². The van der Waals surface area contributed by atoms with Crippen LogP contribution in [0, 0.1) is 13.8 Å². The van der Waals surface area contributed by atoms with E-state index < -0.39 is 0 Å². The van der Waals surface area contributed by atoms with Crippen LogP contribution >= 0.6 is 11.6 Å². The number of hydrogen-bond donors (Lipinski definition) is 2. The largest absolute Gasteiger partial charge is 0.399 e. The van der Waals surface area contributed by atoms with Crippen LogP contribution < -0.4 is 16.0 Å². The minimum Gasteiger partial charge on any atom is -0.399 e. The first kappa shape index (κ1) is 26.6. The van der Waals surface area contributed by atoms with Crippen molar-refractivity contribution in [3.05, 3.63) is 83.3 Å². The van der Waals surface area contributed by atoms with E-state index in [1.807, 2.05) is 18.0 Å². The van der Waals surface area contributed by atoms with Crippen molar-refractivity contribution in [2.45, 2.75) is 39.7 Å². The van der Waals surface area contributed by atoms with E-state index in [-0.39, 0.29) is 0 Å². The summed E-state index contributed by atoms with van der Waals surface area (Å²) in [6.07, 6.45) is 9.25. The van der Waals surface area contributed by atoms with Crippen molar-refractivity contribution in [3.8, 4) is 11.1 Å². The molecule has 3 N–H and O–H groups in total. The Bertz CT molecular complexity index is 1510. The molecule has 39 heavy (non-hydrogen) atoms. The lowest BCUT2D eigenvalue weighted by Gasteiger charge is -2.28. The zero-order valence-corrected chi connectivity index (χ0v) is 23.8. The van der Waals surface area contributed by atoms with Crippen LogP contribution in [0.5, 0.6) is 0 Å². The second kappa shape index (κ2) is 10.7. The number of aromatic nitrogens is 2. The molecule has 1 saturated heterocycles. The second-order valence-corrected chi connectivity index (χ2v) is 10.9. The van der Waals surface area contributed by atoms with Crippen LogP contribution in [0.2, 0.25) is 5.02 Å². The van der Waals surface area contributed by atoms with Crippen LogP contribution in [0.15, 0.2) is 61.0 Å². The number of aryl methyl sites for hydroxylation is 1. The molecule has 0 radical (unpaired) electrons. The van der Waals surface area contributed by atoms with Gasteiger partial charge in [-0.25, -0.2) is 9.98 Å². The number of halogens is 1. The van der Waals surface area contributed by atoms with E-state index in [2.05, 4.69) is 71.7 Å². The van der Waals surface area contributed by atoms with Gasteiger partial charge in [0, 0.05) is 66.2 Å². The first-order chi connectivity index (χ1) is 18.6. The van der Waals surface area contributed by atoms with Crippen molar-refractivity contribution in [1.82, 2.24) is 14.5 Å². The van der Waals surface area contributed by atoms with E-state index in [9.17, 15) is 0 Å². The molecule has 0 amide bonds. The van der Waals surface area contributed by atoms with Gasteiger partial charge in [-0.2, -0.15) is 0 Å². The van der Waals surface area contributed by atoms with Crippen LogP contribution in [-0.4, -0.2) is 40.9 Å². The summed E-state index contributed by atoms with van der Waals surface area (Å²) in [7, 11) is 1.95. The van der Waals surface area contributed by atoms with Crippen molar-refractivity contribution in [1.29, 1.82) is 0 Å². The lowest BCUT2D eigenvalue weighted by molar-refractivity contribution is 0.573. The fourth-order valence-electron chi connectivity index (χ4n) is 5.30. The van der Waals surface area contributed by atoms with Gasteiger partial charge >= 0.3 is 0 Å². The number of nitrogens with two attached hydrogens (primary N) is 1. The van der Waals surface area contributed by atoms with E-state index in [0.717, 1.165) is 75.2 Å².